The van der Waals surface area contributed by atoms with Crippen LogP contribution in [0.3, 0.4) is 0 Å². The first-order valence-corrected chi connectivity index (χ1v) is 8.34. The van der Waals surface area contributed by atoms with Crippen LogP contribution in [0.4, 0.5) is 23.0 Å². The maximum Gasteiger partial charge on any atom is 0.258 e. The van der Waals surface area contributed by atoms with Gasteiger partial charge in [-0.3, -0.25) is 9.59 Å². The lowest BCUT2D eigenvalue weighted by atomic mass is 10.2. The quantitative estimate of drug-likeness (QED) is 0.643. The Hall–Kier alpha value is -3.74. The topological polar surface area (TPSA) is 96.0 Å². The lowest BCUT2D eigenvalue weighted by Gasteiger charge is -2.08. The van der Waals surface area contributed by atoms with Gasteiger partial charge in [-0.2, -0.15) is 0 Å². The van der Waals surface area contributed by atoms with Crippen LogP contribution in [-0.4, -0.2) is 21.8 Å². The molecule has 136 valence electrons. The summed E-state index contributed by atoms with van der Waals surface area (Å²) in [5.41, 5.74) is 3.62. The van der Waals surface area contributed by atoms with Gasteiger partial charge in [-0.25, -0.2) is 9.97 Å². The minimum atomic E-state index is -0.315. The first-order chi connectivity index (χ1) is 13.0. The normalized spacial score (nSPS) is 10.1. The molecule has 1 aromatic heterocycles. The molecule has 0 fully saturated rings. The minimum absolute atomic E-state index is 0.150. The molecule has 3 N–H and O–H groups in total. The molecule has 27 heavy (non-hydrogen) atoms. The van der Waals surface area contributed by atoms with E-state index in [0.29, 0.717) is 22.9 Å². The fraction of sp³-hybridized carbons (Fsp3) is 0.100. The number of aromatic nitrogens is 2. The van der Waals surface area contributed by atoms with Gasteiger partial charge >= 0.3 is 0 Å². The second-order valence-electron chi connectivity index (χ2n) is 6.00. The Labute approximate surface area is 156 Å². The van der Waals surface area contributed by atoms with Crippen molar-refractivity contribution in [3.8, 4) is 0 Å². The van der Waals surface area contributed by atoms with Crippen molar-refractivity contribution in [3.63, 3.8) is 0 Å². The number of nitrogens with zero attached hydrogens (tertiary/aromatic N) is 2. The number of carbonyl (C=O) groups excluding carboxylic acids is 2. The summed E-state index contributed by atoms with van der Waals surface area (Å²) in [6, 6.07) is 14.7. The molecule has 0 aliphatic carbocycles. The number of rotatable bonds is 5. The molecule has 0 unspecified atom stereocenters. The Morgan fingerprint density at radius 2 is 1.48 bits per heavy atom. The lowest BCUT2D eigenvalue weighted by molar-refractivity contribution is -0.114. The molecule has 0 saturated heterocycles. The highest BCUT2D eigenvalue weighted by molar-refractivity contribution is 6.04. The van der Waals surface area contributed by atoms with E-state index in [4.69, 9.17) is 0 Å². The van der Waals surface area contributed by atoms with E-state index in [2.05, 4.69) is 25.9 Å². The van der Waals surface area contributed by atoms with Crippen LogP contribution in [0, 0.1) is 6.92 Å². The van der Waals surface area contributed by atoms with E-state index in [0.717, 1.165) is 11.3 Å². The Bertz CT molecular complexity index is 953. The summed E-state index contributed by atoms with van der Waals surface area (Å²) in [7, 11) is 0. The van der Waals surface area contributed by atoms with Gasteiger partial charge in [-0.05, 0) is 48.9 Å². The van der Waals surface area contributed by atoms with Gasteiger partial charge in [0.25, 0.3) is 5.91 Å². The van der Waals surface area contributed by atoms with Gasteiger partial charge in [0.05, 0.1) is 5.56 Å². The van der Waals surface area contributed by atoms with Crippen molar-refractivity contribution < 1.29 is 9.59 Å². The summed E-state index contributed by atoms with van der Waals surface area (Å²) >= 11 is 0. The van der Waals surface area contributed by atoms with Crippen molar-refractivity contribution in [2.24, 2.45) is 0 Å². The number of hydrogen-bond donors (Lipinski definition) is 3. The number of nitrogens with one attached hydrogen (secondary N) is 3. The average Bonchev–Trinajstić information content (AvgIpc) is 2.63. The second kappa shape index (κ2) is 8.09. The van der Waals surface area contributed by atoms with Gasteiger partial charge in [-0.15, -0.1) is 0 Å². The maximum absolute atomic E-state index is 12.3. The highest BCUT2D eigenvalue weighted by Crippen LogP contribution is 2.16. The molecule has 0 saturated carbocycles. The highest BCUT2D eigenvalue weighted by Gasteiger charge is 2.08. The van der Waals surface area contributed by atoms with Crippen LogP contribution in [0.15, 0.2) is 60.9 Å². The number of carbonyl (C=O) groups is 2. The monoisotopic (exact) mass is 361 g/mol. The predicted octanol–water partition coefficient (Wildman–Crippen LogP) is 3.74. The van der Waals surface area contributed by atoms with Crippen molar-refractivity contribution in [3.05, 3.63) is 72.1 Å². The van der Waals surface area contributed by atoms with E-state index in [1.54, 1.807) is 24.3 Å². The number of hydrogen-bond acceptors (Lipinski definition) is 5. The van der Waals surface area contributed by atoms with Crippen LogP contribution in [0.1, 0.15) is 22.8 Å². The number of benzene rings is 2. The molecule has 7 heteroatoms. The molecule has 7 nitrogen and oxygen atoms in total. The van der Waals surface area contributed by atoms with Crippen molar-refractivity contribution >= 4 is 34.8 Å². The van der Waals surface area contributed by atoms with Crippen LogP contribution in [-0.2, 0) is 4.79 Å². The van der Waals surface area contributed by atoms with Crippen LogP contribution in [0.2, 0.25) is 0 Å². The summed E-state index contributed by atoms with van der Waals surface area (Å²) in [5.74, 6) is -0.0514. The first-order valence-electron chi connectivity index (χ1n) is 8.34. The maximum atomic E-state index is 12.3. The fourth-order valence-electron chi connectivity index (χ4n) is 2.41. The molecule has 2 amide bonds. The van der Waals surface area contributed by atoms with E-state index >= 15 is 0 Å². The molecule has 0 spiro atoms. The van der Waals surface area contributed by atoms with Gasteiger partial charge in [0.15, 0.2) is 0 Å². The summed E-state index contributed by atoms with van der Waals surface area (Å²) in [5, 5.41) is 8.53. The van der Waals surface area contributed by atoms with Gasteiger partial charge < -0.3 is 16.0 Å². The third-order valence-corrected chi connectivity index (χ3v) is 3.65. The molecule has 3 rings (SSSR count). The van der Waals surface area contributed by atoms with Crippen molar-refractivity contribution in [2.45, 2.75) is 13.8 Å². The molecule has 0 radical (unpaired) electrons. The van der Waals surface area contributed by atoms with Crippen molar-refractivity contribution in [2.75, 3.05) is 16.0 Å². The predicted molar refractivity (Wildman–Crippen MR) is 105 cm³/mol. The molecule has 3 aromatic rings. The Morgan fingerprint density at radius 3 is 2.07 bits per heavy atom. The Kier molecular flexibility index (Phi) is 5.41. The molecule has 0 aliphatic heterocycles. The van der Waals surface area contributed by atoms with E-state index in [1.807, 2.05) is 31.2 Å². The molecule has 0 atom stereocenters. The average molecular weight is 361 g/mol. The molecule has 0 aliphatic rings. The zero-order chi connectivity index (χ0) is 19.2. The summed E-state index contributed by atoms with van der Waals surface area (Å²) in [4.78, 5) is 31.7. The molecule has 0 bridgehead atoms. The molecule has 2 aromatic carbocycles. The van der Waals surface area contributed by atoms with Gasteiger partial charge in [-0.1, -0.05) is 12.1 Å². The van der Waals surface area contributed by atoms with E-state index in [1.165, 1.54) is 19.3 Å². The van der Waals surface area contributed by atoms with Crippen LogP contribution in [0.5, 0.6) is 0 Å². The standard InChI is InChI=1S/C20H19N5O2/c1-13-4-3-5-18(10-13)25-20-21-11-15(12-22-20)19(27)24-17-8-6-16(7-9-17)23-14(2)26/h3-12H,1-2H3,(H,23,26)(H,24,27)(H,21,22,25). The zero-order valence-electron chi connectivity index (χ0n) is 15.0. The lowest BCUT2D eigenvalue weighted by Crippen LogP contribution is -2.13. The second-order valence-corrected chi connectivity index (χ2v) is 6.00. The third-order valence-electron chi connectivity index (χ3n) is 3.65. The number of aryl methyl sites for hydroxylation is 1. The molecular weight excluding hydrogens is 342 g/mol. The van der Waals surface area contributed by atoms with E-state index < -0.39 is 0 Å². The smallest absolute Gasteiger partial charge is 0.258 e. The zero-order valence-corrected chi connectivity index (χ0v) is 15.0. The first kappa shape index (κ1) is 18.1. The van der Waals surface area contributed by atoms with Crippen LogP contribution < -0.4 is 16.0 Å². The summed E-state index contributed by atoms with van der Waals surface area (Å²) in [6.45, 7) is 3.44. The van der Waals surface area contributed by atoms with Crippen molar-refractivity contribution in [1.82, 2.24) is 9.97 Å². The van der Waals surface area contributed by atoms with E-state index in [-0.39, 0.29) is 11.8 Å². The van der Waals surface area contributed by atoms with Gasteiger partial charge in [0.2, 0.25) is 11.9 Å². The minimum Gasteiger partial charge on any atom is -0.326 e. The number of amides is 2. The van der Waals surface area contributed by atoms with Gasteiger partial charge in [0.1, 0.15) is 0 Å². The van der Waals surface area contributed by atoms with Crippen molar-refractivity contribution in [1.29, 1.82) is 0 Å². The Balaban J connectivity index is 1.62. The third kappa shape index (κ3) is 5.12. The van der Waals surface area contributed by atoms with Gasteiger partial charge in [0, 0.05) is 36.4 Å². The molecule has 1 heterocycles. The van der Waals surface area contributed by atoms with E-state index in [9.17, 15) is 9.59 Å². The molecular formula is C20H19N5O2. The van der Waals surface area contributed by atoms with Crippen LogP contribution in [0.25, 0.3) is 0 Å². The highest BCUT2D eigenvalue weighted by atomic mass is 16.2. The van der Waals surface area contributed by atoms with Crippen LogP contribution >= 0.6 is 0 Å². The Morgan fingerprint density at radius 1 is 0.852 bits per heavy atom. The summed E-state index contributed by atoms with van der Waals surface area (Å²) in [6.07, 6.45) is 2.93. The fourth-order valence-corrected chi connectivity index (χ4v) is 2.41. The summed E-state index contributed by atoms with van der Waals surface area (Å²) < 4.78 is 0. The largest absolute Gasteiger partial charge is 0.326 e. The SMILES string of the molecule is CC(=O)Nc1ccc(NC(=O)c2cnc(Nc3cccc(C)c3)nc2)cc1. The number of anilines is 4.